The van der Waals surface area contributed by atoms with Gasteiger partial charge in [0.25, 0.3) is 5.91 Å². The summed E-state index contributed by atoms with van der Waals surface area (Å²) in [6.07, 6.45) is -1.26. The molecular weight excluding hydrogens is 817 g/mol. The molecule has 1 unspecified atom stereocenters. The maximum absolute atomic E-state index is 16.2. The van der Waals surface area contributed by atoms with E-state index in [9.17, 15) is 37.5 Å². The van der Waals surface area contributed by atoms with Gasteiger partial charge in [-0.3, -0.25) is 28.8 Å². The van der Waals surface area contributed by atoms with Crippen molar-refractivity contribution < 1.29 is 37.1 Å². The normalized spacial score (nSPS) is 22.9. The number of hydrogen-bond acceptors (Lipinski definition) is 10. The number of alkyl halides is 4. The second-order valence-corrected chi connectivity index (χ2v) is 18.2. The van der Waals surface area contributed by atoms with Crippen molar-refractivity contribution in [1.82, 2.24) is 29.3 Å². The van der Waals surface area contributed by atoms with Crippen LogP contribution in [0, 0.1) is 5.92 Å². The van der Waals surface area contributed by atoms with Gasteiger partial charge in [0, 0.05) is 49.8 Å². The number of pyridine rings is 1. The molecule has 8 rings (SSSR count). The van der Waals surface area contributed by atoms with Gasteiger partial charge in [-0.2, -0.15) is 13.2 Å². The third-order valence-corrected chi connectivity index (χ3v) is 13.7. The van der Waals surface area contributed by atoms with E-state index in [1.807, 2.05) is 24.1 Å². The van der Waals surface area contributed by atoms with Gasteiger partial charge >= 0.3 is 11.9 Å². The number of imidazole rings is 1. The average Bonchev–Trinajstić information content (AvgIpc) is 3.74. The molecule has 0 radical (unpaired) electrons. The minimum absolute atomic E-state index is 0.142. The van der Waals surface area contributed by atoms with E-state index in [1.54, 1.807) is 39.1 Å². The number of aliphatic hydroxyl groups is 1. The van der Waals surface area contributed by atoms with Crippen molar-refractivity contribution in [2.24, 2.45) is 13.0 Å². The number of amides is 3. The lowest BCUT2D eigenvalue weighted by Gasteiger charge is -2.42. The number of carbonyl (C=O) groups is 3. The Bertz CT molecular complexity index is 2570. The SMILES string of the molecule is CN(CC1CCC(c2nc3cc(C(C)(C)O)c(NC(=O)c4cccc(C(F)(F)F)n4)cc3s2)CC1)[C@H]1CCN(c2cccc3c2n(C)c(=O)n3C2CCC(=O)NC2=O)C[C@@H]1F. The summed E-state index contributed by atoms with van der Waals surface area (Å²) in [4.78, 5) is 63.6. The van der Waals surface area contributed by atoms with E-state index in [-0.39, 0.29) is 48.6 Å². The predicted octanol–water partition coefficient (Wildman–Crippen LogP) is 6.64. The first kappa shape index (κ1) is 42.5. The van der Waals surface area contributed by atoms with Crippen LogP contribution < -0.4 is 21.2 Å². The van der Waals surface area contributed by atoms with E-state index in [0.717, 1.165) is 59.8 Å². The molecule has 1 aliphatic carbocycles. The Hall–Kier alpha value is -5.20. The summed E-state index contributed by atoms with van der Waals surface area (Å²) in [5, 5.41) is 16.9. The molecule has 3 N–H and O–H groups in total. The van der Waals surface area contributed by atoms with Crippen LogP contribution in [0.2, 0.25) is 0 Å². The van der Waals surface area contributed by atoms with E-state index in [0.29, 0.717) is 41.0 Å². The zero-order chi connectivity index (χ0) is 43.5. The van der Waals surface area contributed by atoms with Crippen molar-refractivity contribution in [1.29, 1.82) is 0 Å². The van der Waals surface area contributed by atoms with Crippen LogP contribution in [0.4, 0.5) is 28.9 Å². The van der Waals surface area contributed by atoms with Gasteiger partial charge in [0.1, 0.15) is 23.6 Å². The summed E-state index contributed by atoms with van der Waals surface area (Å²) in [5.41, 5.74) is -0.153. The van der Waals surface area contributed by atoms with Crippen LogP contribution in [0.25, 0.3) is 21.3 Å². The lowest BCUT2D eigenvalue weighted by molar-refractivity contribution is -0.141. The van der Waals surface area contributed by atoms with Gasteiger partial charge in [0.15, 0.2) is 0 Å². The number of hydrogen-bond donors (Lipinski definition) is 3. The number of para-hydroxylation sites is 1. The Balaban J connectivity index is 0.900. The number of carbonyl (C=O) groups excluding carboxylic acids is 3. The molecule has 61 heavy (non-hydrogen) atoms. The Morgan fingerprint density at radius 3 is 2.44 bits per heavy atom. The summed E-state index contributed by atoms with van der Waals surface area (Å²) < 4.78 is 59.7. The van der Waals surface area contributed by atoms with Crippen molar-refractivity contribution in [2.45, 2.75) is 94.7 Å². The van der Waals surface area contributed by atoms with E-state index in [2.05, 4.69) is 20.5 Å². The van der Waals surface area contributed by atoms with Crippen molar-refractivity contribution in [3.8, 4) is 0 Å². The number of aryl methyl sites for hydroxylation is 1. The highest BCUT2D eigenvalue weighted by atomic mass is 32.1. The van der Waals surface area contributed by atoms with Gasteiger partial charge in [-0.05, 0) is 102 Å². The molecule has 2 aromatic carbocycles. The Labute approximate surface area is 352 Å². The lowest BCUT2D eigenvalue weighted by Crippen LogP contribution is -2.52. The summed E-state index contributed by atoms with van der Waals surface area (Å²) in [6.45, 7) is 4.60. The number of nitrogens with zero attached hydrogens (tertiary/aromatic N) is 6. The molecule has 3 aromatic heterocycles. The molecular formula is C43H48F4N8O5S. The van der Waals surface area contributed by atoms with E-state index in [1.165, 1.54) is 26.5 Å². The molecule has 3 fully saturated rings. The van der Waals surface area contributed by atoms with Gasteiger partial charge < -0.3 is 20.2 Å². The number of imide groups is 1. The van der Waals surface area contributed by atoms with Crippen LogP contribution >= 0.6 is 11.3 Å². The highest BCUT2D eigenvalue weighted by Gasteiger charge is 2.37. The molecule has 0 spiro atoms. The zero-order valence-electron chi connectivity index (χ0n) is 34.3. The average molecular weight is 865 g/mol. The first-order chi connectivity index (χ1) is 28.9. The number of fused-ring (bicyclic) bond motifs is 2. The van der Waals surface area contributed by atoms with Crippen LogP contribution in [0.3, 0.4) is 0 Å². The van der Waals surface area contributed by atoms with Crippen LogP contribution in [0.15, 0.2) is 53.3 Å². The maximum Gasteiger partial charge on any atom is 0.433 e. The Morgan fingerprint density at radius 1 is 1.02 bits per heavy atom. The minimum Gasteiger partial charge on any atom is -0.386 e. The maximum atomic E-state index is 16.2. The molecule has 2 saturated heterocycles. The number of anilines is 2. The quantitative estimate of drug-likeness (QED) is 0.109. The molecule has 3 atom stereocenters. The molecule has 324 valence electrons. The number of thiazole rings is 1. The van der Waals surface area contributed by atoms with Gasteiger partial charge in [0.05, 0.1) is 44.1 Å². The number of benzene rings is 2. The zero-order valence-corrected chi connectivity index (χ0v) is 35.1. The van der Waals surface area contributed by atoms with E-state index in [4.69, 9.17) is 4.98 Å². The van der Waals surface area contributed by atoms with Crippen LogP contribution in [-0.2, 0) is 28.4 Å². The van der Waals surface area contributed by atoms with Crippen molar-refractivity contribution in [3.05, 3.63) is 81.0 Å². The largest absolute Gasteiger partial charge is 0.433 e. The number of piperidine rings is 2. The van der Waals surface area contributed by atoms with Crippen molar-refractivity contribution in [3.63, 3.8) is 0 Å². The molecule has 18 heteroatoms. The lowest BCUT2D eigenvalue weighted by atomic mass is 9.81. The summed E-state index contributed by atoms with van der Waals surface area (Å²) >= 11 is 1.49. The van der Waals surface area contributed by atoms with Crippen LogP contribution in [0.5, 0.6) is 0 Å². The fraction of sp³-hybridized carbons (Fsp3) is 0.488. The molecule has 5 heterocycles. The molecule has 1 saturated carbocycles. The molecule has 3 aliphatic rings. The highest BCUT2D eigenvalue weighted by molar-refractivity contribution is 7.18. The molecule has 0 bridgehead atoms. The molecule has 3 amide bonds. The summed E-state index contributed by atoms with van der Waals surface area (Å²) in [6, 6.07) is 10.9. The second-order valence-electron chi connectivity index (χ2n) is 17.1. The smallest absolute Gasteiger partial charge is 0.386 e. The number of nitrogens with one attached hydrogen (secondary N) is 2. The van der Waals surface area contributed by atoms with Gasteiger partial charge in [-0.1, -0.05) is 12.1 Å². The standard InChI is InChI=1S/C43H48F4N8O5S/c1-42(2,60)25-19-29-34(20-28(25)49-38(57)27-7-5-10-35(48-27)43(45,46)47)61-40(50-29)24-13-11-23(12-14-24)21-52(3)30-17-18-54(22-26(30)44)31-8-6-9-32-37(31)53(4)41(59)55(32)33-15-16-36(56)51-39(33)58/h5-10,19-20,23-24,26,30,33,60H,11-18,21-22H2,1-4H3,(H,49,57)(H,51,56,58)/t23?,24?,26-,30-,33?/m0/s1. The first-order valence-electron chi connectivity index (χ1n) is 20.5. The number of halogens is 4. The fourth-order valence-electron chi connectivity index (χ4n) is 9.33. The third-order valence-electron chi connectivity index (χ3n) is 12.5. The van der Waals surface area contributed by atoms with Gasteiger partial charge in [0.2, 0.25) is 11.8 Å². The van der Waals surface area contributed by atoms with Crippen molar-refractivity contribution >= 4 is 61.7 Å². The van der Waals surface area contributed by atoms with Crippen LogP contribution in [0.1, 0.15) is 97.5 Å². The van der Waals surface area contributed by atoms with Crippen LogP contribution in [-0.4, -0.2) is 85.7 Å². The highest BCUT2D eigenvalue weighted by Crippen LogP contribution is 2.42. The minimum atomic E-state index is -4.71. The number of rotatable bonds is 9. The van der Waals surface area contributed by atoms with Gasteiger partial charge in [-0.15, -0.1) is 11.3 Å². The van der Waals surface area contributed by atoms with Gasteiger partial charge in [-0.25, -0.2) is 19.2 Å². The molecule has 13 nitrogen and oxygen atoms in total. The molecule has 5 aromatic rings. The second kappa shape index (κ2) is 16.2. The van der Waals surface area contributed by atoms with E-state index < -0.39 is 47.2 Å². The Morgan fingerprint density at radius 2 is 1.75 bits per heavy atom. The summed E-state index contributed by atoms with van der Waals surface area (Å²) in [5.74, 6) is -1.14. The fourth-order valence-corrected chi connectivity index (χ4v) is 10.5. The third kappa shape index (κ3) is 8.41. The topological polar surface area (TPSA) is 155 Å². The first-order valence-corrected chi connectivity index (χ1v) is 21.3. The Kier molecular flexibility index (Phi) is 11.3. The summed E-state index contributed by atoms with van der Waals surface area (Å²) in [7, 11) is 3.63. The predicted molar refractivity (Wildman–Crippen MR) is 223 cm³/mol. The van der Waals surface area contributed by atoms with E-state index >= 15 is 4.39 Å². The number of aromatic nitrogens is 4. The molecule has 2 aliphatic heterocycles. The van der Waals surface area contributed by atoms with Crippen molar-refractivity contribution in [2.75, 3.05) is 36.9 Å². The monoisotopic (exact) mass is 864 g/mol.